The van der Waals surface area contributed by atoms with E-state index in [-0.39, 0.29) is 28.5 Å². The van der Waals surface area contributed by atoms with Crippen molar-refractivity contribution in [1.29, 1.82) is 0 Å². The minimum absolute atomic E-state index is 0.0178. The van der Waals surface area contributed by atoms with E-state index >= 15 is 0 Å². The number of rotatable bonds is 7. The summed E-state index contributed by atoms with van der Waals surface area (Å²) < 4.78 is 46.2. The molecular weight excluding hydrogens is 768 g/mol. The first-order valence-corrected chi connectivity index (χ1v) is 17.4. The van der Waals surface area contributed by atoms with Gasteiger partial charge in [0.25, 0.3) is 0 Å². The highest BCUT2D eigenvalue weighted by atomic mass is 35.5. The van der Waals surface area contributed by atoms with Crippen molar-refractivity contribution in [2.24, 2.45) is 21.8 Å². The molecule has 0 aliphatic heterocycles. The molecule has 0 unspecified atom stereocenters. The topological polar surface area (TPSA) is 167 Å². The molecule has 8 N–H and O–H groups in total. The van der Waals surface area contributed by atoms with Crippen molar-refractivity contribution in [3.63, 3.8) is 0 Å². The van der Waals surface area contributed by atoms with Crippen molar-refractivity contribution in [3.8, 4) is 61.8 Å². The Hall–Kier alpha value is -6.37. The van der Waals surface area contributed by atoms with Crippen LogP contribution in [-0.2, 0) is 6.18 Å². The van der Waals surface area contributed by atoms with E-state index in [0.29, 0.717) is 43.6 Å². The molecule has 14 heteroatoms. The number of halogens is 5. The van der Waals surface area contributed by atoms with Gasteiger partial charge in [-0.15, -0.1) is 0 Å². The summed E-state index contributed by atoms with van der Waals surface area (Å²) in [5.74, 6) is 0.263. The van der Waals surface area contributed by atoms with Gasteiger partial charge in [0.05, 0.1) is 12.7 Å². The first kappa shape index (κ1) is 40.8. The van der Waals surface area contributed by atoms with E-state index in [0.717, 1.165) is 39.9 Å². The zero-order valence-electron chi connectivity index (χ0n) is 30.0. The number of benzene rings is 6. The third-order valence-electron chi connectivity index (χ3n) is 8.84. The van der Waals surface area contributed by atoms with Gasteiger partial charge < -0.3 is 36.8 Å². The molecule has 0 aromatic heterocycles. The number of methoxy groups -OCH3 is 1. The van der Waals surface area contributed by atoms with Crippen LogP contribution in [0.5, 0.6) is 17.2 Å². The third-order valence-corrected chi connectivity index (χ3v) is 9.48. The van der Waals surface area contributed by atoms with Gasteiger partial charge in [-0.3, -0.25) is 0 Å². The van der Waals surface area contributed by atoms with Gasteiger partial charge in [0, 0.05) is 37.9 Å². The van der Waals surface area contributed by atoms with Crippen molar-refractivity contribution >= 4 is 34.9 Å². The lowest BCUT2D eigenvalue weighted by molar-refractivity contribution is -0.137. The minimum Gasteiger partial charge on any atom is -0.508 e. The summed E-state index contributed by atoms with van der Waals surface area (Å²) in [6.45, 7) is 3.66. The van der Waals surface area contributed by atoms with Crippen LogP contribution < -0.4 is 16.2 Å². The van der Waals surface area contributed by atoms with Gasteiger partial charge in [-0.2, -0.15) is 13.2 Å². The van der Waals surface area contributed by atoms with Crippen LogP contribution in [-0.4, -0.2) is 39.4 Å². The van der Waals surface area contributed by atoms with Gasteiger partial charge >= 0.3 is 6.18 Å². The summed E-state index contributed by atoms with van der Waals surface area (Å²) in [7, 11) is 1.57. The number of phenols is 2. The van der Waals surface area contributed by atoms with Crippen molar-refractivity contribution in [3.05, 3.63) is 147 Å². The molecule has 6 aromatic carbocycles. The zero-order chi connectivity index (χ0) is 40.9. The normalized spacial score (nSPS) is 11.9. The molecular formula is C42H35Cl2F3N4O5. The minimum atomic E-state index is -4.65. The molecule has 56 heavy (non-hydrogen) atoms. The number of aromatic hydroxyl groups is 2. The molecule has 9 nitrogen and oxygen atoms in total. The fraction of sp³-hybridized carbons (Fsp3) is 0.0952. The maximum Gasteiger partial charge on any atom is 0.416 e. The molecule has 6 rings (SSSR count). The van der Waals surface area contributed by atoms with Crippen molar-refractivity contribution in [1.82, 2.24) is 0 Å². The summed E-state index contributed by atoms with van der Waals surface area (Å²) in [5, 5.41) is 44.8. The van der Waals surface area contributed by atoms with E-state index < -0.39 is 17.6 Å². The second kappa shape index (κ2) is 17.0. The van der Waals surface area contributed by atoms with E-state index in [1.165, 1.54) is 24.3 Å². The van der Waals surface area contributed by atoms with Crippen molar-refractivity contribution in [2.75, 3.05) is 7.11 Å². The Kier molecular flexibility index (Phi) is 12.4. The second-order valence-corrected chi connectivity index (χ2v) is 13.3. The maximum absolute atomic E-state index is 13.6. The van der Waals surface area contributed by atoms with Crippen LogP contribution in [0.3, 0.4) is 0 Å². The number of alkyl halides is 3. The predicted molar refractivity (Wildman–Crippen MR) is 214 cm³/mol. The zero-order valence-corrected chi connectivity index (χ0v) is 31.5. The van der Waals surface area contributed by atoms with E-state index in [2.05, 4.69) is 10.3 Å². The van der Waals surface area contributed by atoms with Crippen molar-refractivity contribution in [2.45, 2.75) is 20.0 Å². The number of nitrogens with zero attached hydrogens (tertiary/aromatic N) is 2. The smallest absolute Gasteiger partial charge is 0.416 e. The summed E-state index contributed by atoms with van der Waals surface area (Å²) >= 11 is 12.5. The second-order valence-electron chi connectivity index (χ2n) is 12.5. The Bertz CT molecular complexity index is 2450. The van der Waals surface area contributed by atoms with E-state index in [4.69, 9.17) is 39.4 Å². The van der Waals surface area contributed by atoms with Gasteiger partial charge in [0.15, 0.2) is 11.7 Å². The molecule has 0 fully saturated rings. The van der Waals surface area contributed by atoms with Crippen LogP contribution in [0.2, 0.25) is 10.0 Å². The fourth-order valence-corrected chi connectivity index (χ4v) is 6.52. The standard InChI is InChI=1S/C21H16ClF3N2O2.C21H19ClN2O3/c1-11-15(3-2-4-18(11)22)19-16(12-5-7-14(28)8-6-12)9-13(21(23,24)25)10-17(19)20(26)27-29;1-12-9-16(13-3-6-15(25)7-4-13)20(18(10-12)21(23)24-26)17-11-14(22)5-8-19(17)27-2/h2-10,28-29H,1H3,(H2,26,27);3-11,25-26H,1-2H3,(H2,23,24). The van der Waals surface area contributed by atoms with Crippen LogP contribution in [0.4, 0.5) is 13.2 Å². The Morgan fingerprint density at radius 1 is 0.643 bits per heavy atom. The lowest BCUT2D eigenvalue weighted by Crippen LogP contribution is -2.17. The first-order chi connectivity index (χ1) is 26.6. The lowest BCUT2D eigenvalue weighted by atomic mass is 9.86. The quantitative estimate of drug-likeness (QED) is 0.0404. The number of aryl methyl sites for hydroxylation is 1. The lowest BCUT2D eigenvalue weighted by Gasteiger charge is -2.20. The summed E-state index contributed by atoms with van der Waals surface area (Å²) in [4.78, 5) is 0. The van der Waals surface area contributed by atoms with Gasteiger partial charge in [-0.25, -0.2) is 0 Å². The van der Waals surface area contributed by atoms with Gasteiger partial charge in [0.2, 0.25) is 0 Å². The Labute approximate surface area is 330 Å². The van der Waals surface area contributed by atoms with Crippen LogP contribution in [0.1, 0.15) is 27.8 Å². The van der Waals surface area contributed by atoms with E-state index in [9.17, 15) is 33.8 Å². The van der Waals surface area contributed by atoms with E-state index in [1.54, 1.807) is 74.7 Å². The maximum atomic E-state index is 13.6. The number of amidine groups is 2. The highest BCUT2D eigenvalue weighted by Gasteiger charge is 2.33. The van der Waals surface area contributed by atoms with Crippen LogP contribution >= 0.6 is 23.2 Å². The highest BCUT2D eigenvalue weighted by Crippen LogP contribution is 2.44. The Morgan fingerprint density at radius 2 is 1.16 bits per heavy atom. The SMILES string of the molecule is COc1ccc(Cl)cc1-c1c(C(N)=NO)cc(C)cc1-c1ccc(O)cc1.Cc1c(Cl)cccc1-c1c(C(N)=NO)cc(C(F)(F)F)cc1-c1ccc(O)cc1. The molecule has 288 valence electrons. The first-order valence-electron chi connectivity index (χ1n) is 16.6. The molecule has 0 radical (unpaired) electrons. The summed E-state index contributed by atoms with van der Waals surface area (Å²) in [6.07, 6.45) is -4.65. The molecule has 0 spiro atoms. The van der Waals surface area contributed by atoms with Gasteiger partial charge in [-0.1, -0.05) is 76.0 Å². The van der Waals surface area contributed by atoms with Crippen molar-refractivity contribution < 1.29 is 38.5 Å². The number of ether oxygens (including phenoxy) is 1. The predicted octanol–water partition coefficient (Wildman–Crippen LogP) is 10.6. The summed E-state index contributed by atoms with van der Waals surface area (Å²) in [5.41, 5.74) is 17.5. The molecule has 0 saturated carbocycles. The van der Waals surface area contributed by atoms with Gasteiger partial charge in [-0.05, 0) is 120 Å². The van der Waals surface area contributed by atoms with Crippen LogP contribution in [0.15, 0.2) is 120 Å². The number of hydrogen-bond donors (Lipinski definition) is 6. The average molecular weight is 804 g/mol. The van der Waals surface area contributed by atoms with Crippen LogP contribution in [0, 0.1) is 13.8 Å². The molecule has 0 heterocycles. The number of hydrogen-bond acceptors (Lipinski definition) is 7. The Balaban J connectivity index is 0.000000215. The number of nitrogens with two attached hydrogens (primary N) is 2. The molecule has 0 saturated heterocycles. The number of oxime groups is 2. The van der Waals surface area contributed by atoms with Crippen LogP contribution in [0.25, 0.3) is 44.5 Å². The van der Waals surface area contributed by atoms with E-state index in [1.807, 2.05) is 19.1 Å². The molecule has 0 amide bonds. The molecule has 6 aromatic rings. The molecule has 0 aliphatic carbocycles. The fourth-order valence-electron chi connectivity index (χ4n) is 6.18. The highest BCUT2D eigenvalue weighted by molar-refractivity contribution is 6.32. The Morgan fingerprint density at radius 3 is 1.68 bits per heavy atom. The third kappa shape index (κ3) is 8.78. The largest absolute Gasteiger partial charge is 0.508 e. The number of phenolic OH excluding ortho intramolecular Hbond substituents is 2. The monoisotopic (exact) mass is 802 g/mol. The summed E-state index contributed by atoms with van der Waals surface area (Å²) in [6, 6.07) is 28.5. The van der Waals surface area contributed by atoms with Gasteiger partial charge in [0.1, 0.15) is 17.2 Å². The molecule has 0 aliphatic rings. The average Bonchev–Trinajstić information content (AvgIpc) is 3.18. The molecule has 0 bridgehead atoms. The molecule has 0 atom stereocenters.